The minimum absolute atomic E-state index is 0.0923. The molecule has 1 aliphatic heterocycles. The van der Waals surface area contributed by atoms with Crippen LogP contribution in [0.2, 0.25) is 0 Å². The van der Waals surface area contributed by atoms with Gasteiger partial charge in [-0.2, -0.15) is 0 Å². The van der Waals surface area contributed by atoms with Gasteiger partial charge in [0, 0.05) is 26.2 Å². The van der Waals surface area contributed by atoms with Crippen LogP contribution in [0.4, 0.5) is 0 Å². The van der Waals surface area contributed by atoms with Gasteiger partial charge in [0.1, 0.15) is 18.8 Å². The first-order valence-electron chi connectivity index (χ1n) is 8.96. The van der Waals surface area contributed by atoms with Crippen LogP contribution in [-0.4, -0.2) is 72.3 Å². The van der Waals surface area contributed by atoms with E-state index in [4.69, 9.17) is 14.2 Å². The summed E-state index contributed by atoms with van der Waals surface area (Å²) < 4.78 is 17.8. The lowest BCUT2D eigenvalue weighted by Gasteiger charge is -2.26. The zero-order valence-corrected chi connectivity index (χ0v) is 15.5. The van der Waals surface area contributed by atoms with E-state index in [0.29, 0.717) is 23.7 Å². The van der Waals surface area contributed by atoms with Crippen LogP contribution in [0.1, 0.15) is 5.69 Å². The van der Waals surface area contributed by atoms with E-state index in [0.717, 1.165) is 32.8 Å². The Morgan fingerprint density at radius 1 is 1.26 bits per heavy atom. The number of nitrogens with one attached hydrogen (secondary N) is 1. The normalized spacial score (nSPS) is 14.7. The Kier molecular flexibility index (Phi) is 7.00. The van der Waals surface area contributed by atoms with Crippen LogP contribution in [0.5, 0.6) is 11.5 Å². The Morgan fingerprint density at radius 3 is 2.81 bits per heavy atom. The van der Waals surface area contributed by atoms with E-state index < -0.39 is 0 Å². The molecule has 0 aliphatic carbocycles. The predicted octanol–water partition coefficient (Wildman–Crippen LogP) is 0.314. The van der Waals surface area contributed by atoms with Crippen molar-refractivity contribution in [1.82, 2.24) is 25.2 Å². The minimum Gasteiger partial charge on any atom is -0.493 e. The number of nitrogens with zero attached hydrogens (tertiary/aromatic N) is 4. The van der Waals surface area contributed by atoms with Gasteiger partial charge in [0.25, 0.3) is 0 Å². The summed E-state index contributed by atoms with van der Waals surface area (Å²) in [6, 6.07) is 7.40. The maximum atomic E-state index is 12.0. The molecule has 2 aromatic rings. The van der Waals surface area contributed by atoms with Crippen molar-refractivity contribution in [2.75, 3.05) is 46.5 Å². The maximum absolute atomic E-state index is 12.0. The van der Waals surface area contributed by atoms with Gasteiger partial charge in [-0.15, -0.1) is 5.10 Å². The third-order valence-electron chi connectivity index (χ3n) is 4.19. The number of ether oxygens (including phenoxy) is 3. The van der Waals surface area contributed by atoms with Crippen molar-refractivity contribution in [3.05, 3.63) is 36.2 Å². The molecule has 3 rings (SSSR count). The summed E-state index contributed by atoms with van der Waals surface area (Å²) in [6.45, 7) is 5.15. The number of methoxy groups -OCH3 is 1. The van der Waals surface area contributed by atoms with Gasteiger partial charge in [0.2, 0.25) is 5.91 Å². The van der Waals surface area contributed by atoms with Crippen LogP contribution in [0.25, 0.3) is 0 Å². The molecule has 2 heterocycles. The Labute approximate surface area is 158 Å². The van der Waals surface area contributed by atoms with Gasteiger partial charge in [-0.1, -0.05) is 17.3 Å². The average Bonchev–Trinajstić information content (AvgIpc) is 3.14. The molecular formula is C18H25N5O4. The highest BCUT2D eigenvalue weighted by molar-refractivity contribution is 5.75. The lowest BCUT2D eigenvalue weighted by atomic mass is 10.3. The van der Waals surface area contributed by atoms with Crippen LogP contribution < -0.4 is 14.8 Å². The van der Waals surface area contributed by atoms with Crippen molar-refractivity contribution >= 4 is 5.91 Å². The van der Waals surface area contributed by atoms with Crippen molar-refractivity contribution in [2.45, 2.75) is 13.2 Å². The fourth-order valence-electron chi connectivity index (χ4n) is 2.75. The van der Waals surface area contributed by atoms with Crippen molar-refractivity contribution < 1.29 is 19.0 Å². The second-order valence-electron chi connectivity index (χ2n) is 6.15. The van der Waals surface area contributed by atoms with E-state index >= 15 is 0 Å². The van der Waals surface area contributed by atoms with Gasteiger partial charge in [0.15, 0.2) is 11.5 Å². The number of para-hydroxylation sites is 2. The molecule has 0 unspecified atom stereocenters. The number of carbonyl (C=O) groups is 1. The van der Waals surface area contributed by atoms with Crippen molar-refractivity contribution in [1.29, 1.82) is 0 Å². The molecule has 9 heteroatoms. The molecule has 0 radical (unpaired) electrons. The predicted molar refractivity (Wildman–Crippen MR) is 97.6 cm³/mol. The second-order valence-corrected chi connectivity index (χ2v) is 6.15. The second kappa shape index (κ2) is 9.89. The van der Waals surface area contributed by atoms with Gasteiger partial charge in [-0.3, -0.25) is 9.69 Å². The van der Waals surface area contributed by atoms with Crippen LogP contribution in [0.3, 0.4) is 0 Å². The number of aromatic nitrogens is 3. The quantitative estimate of drug-likeness (QED) is 0.675. The molecule has 1 saturated heterocycles. The number of morpholine rings is 1. The van der Waals surface area contributed by atoms with E-state index in [1.807, 2.05) is 24.3 Å². The van der Waals surface area contributed by atoms with Gasteiger partial charge >= 0.3 is 0 Å². The summed E-state index contributed by atoms with van der Waals surface area (Å²) >= 11 is 0. The molecule has 1 aromatic heterocycles. The van der Waals surface area contributed by atoms with E-state index in [9.17, 15) is 4.79 Å². The summed E-state index contributed by atoms with van der Waals surface area (Å²) in [5, 5.41) is 10.9. The van der Waals surface area contributed by atoms with Crippen molar-refractivity contribution in [2.24, 2.45) is 0 Å². The fraction of sp³-hybridized carbons (Fsp3) is 0.500. The molecule has 1 N–H and O–H groups in total. The summed E-state index contributed by atoms with van der Waals surface area (Å²) in [4.78, 5) is 14.3. The van der Waals surface area contributed by atoms with Crippen LogP contribution >= 0.6 is 0 Å². The molecule has 27 heavy (non-hydrogen) atoms. The zero-order valence-electron chi connectivity index (χ0n) is 15.5. The molecule has 0 atom stereocenters. The number of benzene rings is 1. The molecule has 9 nitrogen and oxygen atoms in total. The van der Waals surface area contributed by atoms with Crippen LogP contribution in [0.15, 0.2) is 30.5 Å². The van der Waals surface area contributed by atoms with Gasteiger partial charge in [-0.25, -0.2) is 4.68 Å². The highest BCUT2D eigenvalue weighted by Gasteiger charge is 2.11. The van der Waals surface area contributed by atoms with Crippen molar-refractivity contribution in [3.8, 4) is 11.5 Å². The SMILES string of the molecule is COc1ccccc1OCc1cn(CC(=O)NCCN2CCOCC2)nn1. The summed E-state index contributed by atoms with van der Waals surface area (Å²) in [6.07, 6.45) is 1.71. The van der Waals surface area contributed by atoms with E-state index in [-0.39, 0.29) is 19.1 Å². The van der Waals surface area contributed by atoms with E-state index in [1.165, 1.54) is 4.68 Å². The lowest BCUT2D eigenvalue weighted by Crippen LogP contribution is -2.41. The first-order chi connectivity index (χ1) is 13.2. The smallest absolute Gasteiger partial charge is 0.241 e. The highest BCUT2D eigenvalue weighted by atomic mass is 16.5. The summed E-state index contributed by atoms with van der Waals surface area (Å²) in [5.74, 6) is 1.20. The summed E-state index contributed by atoms with van der Waals surface area (Å²) in [5.41, 5.74) is 0.641. The third-order valence-corrected chi connectivity index (χ3v) is 4.19. The van der Waals surface area contributed by atoms with Gasteiger partial charge in [0.05, 0.1) is 26.5 Å². The number of hydrogen-bond acceptors (Lipinski definition) is 7. The Balaban J connectivity index is 1.40. The molecular weight excluding hydrogens is 350 g/mol. The Morgan fingerprint density at radius 2 is 2.04 bits per heavy atom. The number of carbonyl (C=O) groups excluding carboxylic acids is 1. The molecule has 1 aliphatic rings. The Bertz CT molecular complexity index is 730. The standard InChI is InChI=1S/C18H25N5O4/c1-25-16-4-2-3-5-17(16)27-14-15-12-23(21-20-15)13-18(24)19-6-7-22-8-10-26-11-9-22/h2-5,12H,6-11,13-14H2,1H3,(H,19,24). The maximum Gasteiger partial charge on any atom is 0.241 e. The molecule has 1 amide bonds. The third kappa shape index (κ3) is 5.93. The first-order valence-corrected chi connectivity index (χ1v) is 8.96. The fourth-order valence-corrected chi connectivity index (χ4v) is 2.75. The lowest BCUT2D eigenvalue weighted by molar-refractivity contribution is -0.121. The molecule has 0 saturated carbocycles. The summed E-state index contributed by atoms with van der Waals surface area (Å²) in [7, 11) is 1.59. The largest absolute Gasteiger partial charge is 0.493 e. The molecule has 146 valence electrons. The number of hydrogen-bond donors (Lipinski definition) is 1. The molecule has 0 spiro atoms. The molecule has 1 aromatic carbocycles. The van der Waals surface area contributed by atoms with E-state index in [1.54, 1.807) is 13.3 Å². The average molecular weight is 375 g/mol. The van der Waals surface area contributed by atoms with Crippen molar-refractivity contribution in [3.63, 3.8) is 0 Å². The highest BCUT2D eigenvalue weighted by Crippen LogP contribution is 2.26. The topological polar surface area (TPSA) is 90.7 Å². The van der Waals surface area contributed by atoms with Gasteiger partial charge in [-0.05, 0) is 12.1 Å². The number of amides is 1. The Hall–Kier alpha value is -2.65. The number of rotatable bonds is 9. The van der Waals surface area contributed by atoms with E-state index in [2.05, 4.69) is 20.5 Å². The minimum atomic E-state index is -0.0923. The van der Waals surface area contributed by atoms with Crippen LogP contribution in [0, 0.1) is 0 Å². The molecule has 1 fully saturated rings. The molecule has 0 bridgehead atoms. The zero-order chi connectivity index (χ0) is 18.9. The first kappa shape index (κ1) is 19.1. The van der Waals surface area contributed by atoms with Crippen LogP contribution in [-0.2, 0) is 22.7 Å². The monoisotopic (exact) mass is 375 g/mol. The van der Waals surface area contributed by atoms with Gasteiger partial charge < -0.3 is 19.5 Å².